The fourth-order valence-electron chi connectivity index (χ4n) is 2.22. The van der Waals surface area contributed by atoms with E-state index in [0.29, 0.717) is 0 Å². The van der Waals surface area contributed by atoms with E-state index in [-0.39, 0.29) is 6.04 Å². The van der Waals surface area contributed by atoms with Gasteiger partial charge in [0.05, 0.1) is 7.11 Å². The number of nitrogens with two attached hydrogens (primary N) is 1. The van der Waals surface area contributed by atoms with Crippen LogP contribution >= 0.6 is 0 Å². The van der Waals surface area contributed by atoms with E-state index in [1.165, 1.54) is 11.1 Å². The van der Waals surface area contributed by atoms with E-state index in [4.69, 9.17) is 10.5 Å². The first-order valence-corrected chi connectivity index (χ1v) is 6.66. The lowest BCUT2D eigenvalue weighted by Crippen LogP contribution is -2.08. The maximum atomic E-state index is 6.11. The van der Waals surface area contributed by atoms with Crippen LogP contribution in [0.5, 0.6) is 5.75 Å². The summed E-state index contributed by atoms with van der Waals surface area (Å²) >= 11 is 0. The summed E-state index contributed by atoms with van der Waals surface area (Å²) in [6.07, 6.45) is 0.939. The molecule has 0 saturated heterocycles. The van der Waals surface area contributed by atoms with Crippen molar-refractivity contribution in [2.24, 2.45) is 5.73 Å². The number of hydrogen-bond donors (Lipinski definition) is 1. The molecule has 2 heteroatoms. The largest absolute Gasteiger partial charge is 0.496 e. The van der Waals surface area contributed by atoms with Crippen molar-refractivity contribution in [3.63, 3.8) is 0 Å². The number of benzene rings is 2. The second-order valence-electron chi connectivity index (χ2n) is 4.84. The Kier molecular flexibility index (Phi) is 4.23. The Morgan fingerprint density at radius 3 is 2.63 bits per heavy atom. The van der Waals surface area contributed by atoms with Gasteiger partial charge in [-0.05, 0) is 42.7 Å². The van der Waals surface area contributed by atoms with E-state index in [1.54, 1.807) is 7.11 Å². The van der Waals surface area contributed by atoms with Crippen LogP contribution in [0, 0.1) is 6.92 Å². The summed E-state index contributed by atoms with van der Waals surface area (Å²) in [4.78, 5) is 0. The van der Waals surface area contributed by atoms with Crippen molar-refractivity contribution in [1.29, 1.82) is 0 Å². The van der Waals surface area contributed by atoms with E-state index < -0.39 is 0 Å². The Morgan fingerprint density at radius 2 is 1.95 bits per heavy atom. The number of aryl methyl sites for hydroxylation is 1. The van der Waals surface area contributed by atoms with Crippen LogP contribution in [0.4, 0.5) is 0 Å². The zero-order valence-electron chi connectivity index (χ0n) is 11.8. The molecule has 2 aromatic rings. The van der Waals surface area contributed by atoms with Gasteiger partial charge in [0.2, 0.25) is 0 Å². The summed E-state index contributed by atoms with van der Waals surface area (Å²) in [5.41, 5.74) is 10.8. The van der Waals surface area contributed by atoms with Crippen molar-refractivity contribution in [1.82, 2.24) is 0 Å². The lowest BCUT2D eigenvalue weighted by Gasteiger charge is -2.13. The molecule has 2 nitrogen and oxygen atoms in total. The summed E-state index contributed by atoms with van der Waals surface area (Å²) in [6, 6.07) is 14.7. The Hall–Kier alpha value is -1.80. The quantitative estimate of drug-likeness (QED) is 0.893. The second-order valence-corrected chi connectivity index (χ2v) is 4.84. The molecule has 19 heavy (non-hydrogen) atoms. The van der Waals surface area contributed by atoms with Crippen LogP contribution in [0.3, 0.4) is 0 Å². The highest BCUT2D eigenvalue weighted by Crippen LogP contribution is 2.32. The van der Waals surface area contributed by atoms with Crippen LogP contribution in [-0.2, 0) is 0 Å². The van der Waals surface area contributed by atoms with Crippen molar-refractivity contribution in [2.75, 3.05) is 7.11 Å². The number of ether oxygens (including phenoxy) is 1. The first-order valence-electron chi connectivity index (χ1n) is 6.66. The van der Waals surface area contributed by atoms with Gasteiger partial charge in [-0.2, -0.15) is 0 Å². The van der Waals surface area contributed by atoms with Crippen LogP contribution in [-0.4, -0.2) is 7.11 Å². The predicted molar refractivity (Wildman–Crippen MR) is 80.4 cm³/mol. The molecule has 2 N–H and O–H groups in total. The third-order valence-electron chi connectivity index (χ3n) is 3.42. The number of hydrogen-bond acceptors (Lipinski definition) is 2. The molecule has 0 spiro atoms. The molecule has 0 fully saturated rings. The molecule has 0 bridgehead atoms. The average Bonchev–Trinajstić information content (AvgIpc) is 2.46. The smallest absolute Gasteiger partial charge is 0.126 e. The van der Waals surface area contributed by atoms with Crippen molar-refractivity contribution in [3.05, 3.63) is 53.6 Å². The molecule has 2 aromatic carbocycles. The third kappa shape index (κ3) is 2.96. The minimum Gasteiger partial charge on any atom is -0.496 e. The van der Waals surface area contributed by atoms with Gasteiger partial charge in [-0.3, -0.25) is 0 Å². The fourth-order valence-corrected chi connectivity index (χ4v) is 2.22. The predicted octanol–water partition coefficient (Wildman–Crippen LogP) is 4.08. The van der Waals surface area contributed by atoms with Gasteiger partial charge in [0.15, 0.2) is 0 Å². The van der Waals surface area contributed by atoms with Gasteiger partial charge >= 0.3 is 0 Å². The highest BCUT2D eigenvalue weighted by molar-refractivity contribution is 5.71. The van der Waals surface area contributed by atoms with Crippen molar-refractivity contribution in [2.45, 2.75) is 26.3 Å². The number of rotatable bonds is 4. The average molecular weight is 255 g/mol. The first kappa shape index (κ1) is 13.6. The van der Waals surface area contributed by atoms with Gasteiger partial charge in [-0.25, -0.2) is 0 Å². The van der Waals surface area contributed by atoms with Crippen molar-refractivity contribution >= 4 is 0 Å². The maximum Gasteiger partial charge on any atom is 0.126 e. The summed E-state index contributed by atoms with van der Waals surface area (Å²) in [6.45, 7) is 4.19. The topological polar surface area (TPSA) is 35.2 Å². The van der Waals surface area contributed by atoms with Gasteiger partial charge in [0.25, 0.3) is 0 Å². The zero-order chi connectivity index (χ0) is 13.8. The van der Waals surface area contributed by atoms with Crippen LogP contribution < -0.4 is 10.5 Å². The monoisotopic (exact) mass is 255 g/mol. The molecule has 0 aliphatic carbocycles. The second kappa shape index (κ2) is 5.89. The van der Waals surface area contributed by atoms with Gasteiger partial charge in [0, 0.05) is 11.6 Å². The van der Waals surface area contributed by atoms with Crippen molar-refractivity contribution in [3.8, 4) is 16.9 Å². The molecular formula is C17H21NO. The van der Waals surface area contributed by atoms with E-state index in [1.807, 2.05) is 6.07 Å². The van der Waals surface area contributed by atoms with Crippen LogP contribution in [0.15, 0.2) is 42.5 Å². The molecule has 2 rings (SSSR count). The normalized spacial score (nSPS) is 12.2. The summed E-state index contributed by atoms with van der Waals surface area (Å²) in [5, 5.41) is 0. The van der Waals surface area contributed by atoms with E-state index in [2.05, 4.69) is 50.2 Å². The molecule has 1 unspecified atom stereocenters. The Morgan fingerprint density at radius 1 is 1.16 bits per heavy atom. The molecule has 0 heterocycles. The molecule has 0 aliphatic rings. The summed E-state index contributed by atoms with van der Waals surface area (Å²) in [5.74, 6) is 0.896. The Bertz CT molecular complexity index is 563. The molecule has 100 valence electrons. The van der Waals surface area contributed by atoms with Gasteiger partial charge in [-0.15, -0.1) is 0 Å². The minimum absolute atomic E-state index is 0.0933. The van der Waals surface area contributed by atoms with Gasteiger partial charge in [-0.1, -0.05) is 36.8 Å². The highest BCUT2D eigenvalue weighted by atomic mass is 16.5. The van der Waals surface area contributed by atoms with Gasteiger partial charge < -0.3 is 10.5 Å². The Balaban J connectivity index is 2.49. The highest BCUT2D eigenvalue weighted by Gasteiger charge is 2.09. The molecule has 0 amide bonds. The fraction of sp³-hybridized carbons (Fsp3) is 0.294. The van der Waals surface area contributed by atoms with E-state index in [0.717, 1.165) is 23.3 Å². The van der Waals surface area contributed by atoms with Gasteiger partial charge in [0.1, 0.15) is 5.75 Å². The molecule has 0 aromatic heterocycles. The lowest BCUT2D eigenvalue weighted by atomic mass is 9.97. The summed E-state index contributed by atoms with van der Waals surface area (Å²) < 4.78 is 5.45. The molecule has 1 atom stereocenters. The third-order valence-corrected chi connectivity index (χ3v) is 3.42. The van der Waals surface area contributed by atoms with Crippen LogP contribution in [0.25, 0.3) is 11.1 Å². The molecule has 0 aliphatic heterocycles. The summed E-state index contributed by atoms with van der Waals surface area (Å²) in [7, 11) is 1.70. The lowest BCUT2D eigenvalue weighted by molar-refractivity contribution is 0.416. The molecular weight excluding hydrogens is 234 g/mol. The number of methoxy groups -OCH3 is 1. The van der Waals surface area contributed by atoms with Crippen LogP contribution in [0.2, 0.25) is 0 Å². The molecule has 0 radical (unpaired) electrons. The minimum atomic E-state index is 0.0933. The Labute approximate surface area is 115 Å². The van der Waals surface area contributed by atoms with E-state index in [9.17, 15) is 0 Å². The van der Waals surface area contributed by atoms with Crippen molar-refractivity contribution < 1.29 is 4.74 Å². The SMILES string of the molecule is CCC(N)c1cccc(-c2cc(C)ccc2OC)c1. The molecule has 0 saturated carbocycles. The maximum absolute atomic E-state index is 6.11. The van der Waals surface area contributed by atoms with E-state index >= 15 is 0 Å². The van der Waals surface area contributed by atoms with Crippen LogP contribution in [0.1, 0.15) is 30.5 Å². The first-order chi connectivity index (χ1) is 9.15. The standard InChI is InChI=1S/C17H21NO/c1-4-16(18)14-7-5-6-13(11-14)15-10-12(2)8-9-17(15)19-3/h5-11,16H,4,18H2,1-3H3. The zero-order valence-corrected chi connectivity index (χ0v) is 11.8.